The highest BCUT2D eigenvalue weighted by molar-refractivity contribution is 5.96. The van der Waals surface area contributed by atoms with Gasteiger partial charge in [0.1, 0.15) is 11.9 Å². The second kappa shape index (κ2) is 7.91. The molecule has 1 aliphatic heterocycles. The Bertz CT molecular complexity index is 956. The summed E-state index contributed by atoms with van der Waals surface area (Å²) < 4.78 is 6.17. The van der Waals surface area contributed by atoms with Gasteiger partial charge in [0, 0.05) is 18.8 Å². The van der Waals surface area contributed by atoms with Gasteiger partial charge >= 0.3 is 0 Å². The molecule has 5 aliphatic rings. The van der Waals surface area contributed by atoms with E-state index >= 15 is 0 Å². The molecule has 4 nitrogen and oxygen atoms in total. The molecule has 4 saturated carbocycles. The Morgan fingerprint density at radius 3 is 2.09 bits per heavy atom. The zero-order chi connectivity index (χ0) is 21.7. The molecule has 2 aromatic carbocycles. The van der Waals surface area contributed by atoms with Crippen molar-refractivity contribution in [1.82, 2.24) is 4.90 Å². The van der Waals surface area contributed by atoms with Crippen LogP contribution < -0.4 is 10.1 Å². The average molecular weight is 431 g/mol. The molecule has 32 heavy (non-hydrogen) atoms. The van der Waals surface area contributed by atoms with Crippen molar-refractivity contribution in [2.24, 2.45) is 23.2 Å². The van der Waals surface area contributed by atoms with Crippen LogP contribution in [0.25, 0.3) is 11.1 Å². The van der Waals surface area contributed by atoms with Crippen molar-refractivity contribution in [2.45, 2.75) is 51.0 Å². The number of rotatable bonds is 5. The van der Waals surface area contributed by atoms with Crippen molar-refractivity contribution >= 4 is 11.6 Å². The van der Waals surface area contributed by atoms with Gasteiger partial charge in [0.05, 0.1) is 5.41 Å². The Kier molecular flexibility index (Phi) is 5.02. The number of hydrogen-bond donors (Lipinski definition) is 1. The monoisotopic (exact) mass is 430 g/mol. The average Bonchev–Trinajstić information content (AvgIpc) is 3.23. The minimum Gasteiger partial charge on any atom is -0.490 e. The number of carbonyl (C=O) groups excluding carboxylic acids is 1. The summed E-state index contributed by atoms with van der Waals surface area (Å²) in [6.45, 7) is 2.21. The van der Waals surface area contributed by atoms with Crippen LogP contribution in [-0.4, -0.2) is 37.0 Å². The number of carbonyl (C=O) groups is 1. The summed E-state index contributed by atoms with van der Waals surface area (Å²) >= 11 is 0. The van der Waals surface area contributed by atoms with E-state index in [0.717, 1.165) is 79.9 Å². The van der Waals surface area contributed by atoms with E-state index in [9.17, 15) is 4.79 Å². The SMILES string of the molecule is CN1CCC(Oc2ccc(-c3ccc(NC(=O)C45CC6CC(C4)C(C6)C5)cc3)cc2)CC1. The number of ether oxygens (including phenoxy) is 1. The quantitative estimate of drug-likeness (QED) is 0.672. The maximum atomic E-state index is 13.2. The molecule has 2 aromatic rings. The van der Waals surface area contributed by atoms with Gasteiger partial charge in [-0.15, -0.1) is 0 Å². The van der Waals surface area contributed by atoms with Gasteiger partial charge in [0.2, 0.25) is 5.91 Å². The molecule has 4 heteroatoms. The molecule has 0 radical (unpaired) electrons. The number of benzene rings is 2. The van der Waals surface area contributed by atoms with E-state index in [1.54, 1.807) is 0 Å². The first-order valence-corrected chi connectivity index (χ1v) is 12.4. The minimum atomic E-state index is -0.0846. The lowest BCUT2D eigenvalue weighted by Crippen LogP contribution is -2.39. The molecular weight excluding hydrogens is 396 g/mol. The molecule has 2 unspecified atom stereocenters. The van der Waals surface area contributed by atoms with Crippen molar-refractivity contribution in [3.05, 3.63) is 48.5 Å². The van der Waals surface area contributed by atoms with Gasteiger partial charge in [0.15, 0.2) is 0 Å². The number of likely N-dealkylation sites (tertiary alicyclic amines) is 1. The fourth-order valence-electron chi connectivity index (χ4n) is 7.12. The third kappa shape index (κ3) is 3.73. The third-order valence-electron chi connectivity index (χ3n) is 8.70. The number of piperidine rings is 1. The normalized spacial score (nSPS) is 31.7. The Morgan fingerprint density at radius 2 is 1.50 bits per heavy atom. The number of hydrogen-bond acceptors (Lipinski definition) is 3. The molecule has 5 fully saturated rings. The van der Waals surface area contributed by atoms with Crippen molar-refractivity contribution < 1.29 is 9.53 Å². The van der Waals surface area contributed by atoms with Crippen molar-refractivity contribution in [3.8, 4) is 16.9 Å². The van der Waals surface area contributed by atoms with Crippen LogP contribution in [0.1, 0.15) is 44.9 Å². The summed E-state index contributed by atoms with van der Waals surface area (Å²) in [4.78, 5) is 15.5. The molecule has 4 aliphatic carbocycles. The standard InChI is InChI=1S/C28H34N2O2/c1-30-12-10-26(11-13-30)32-25-8-4-21(5-9-25)20-2-6-24(7-3-20)29-27(31)28-16-19-14-22(17-28)23(15-19)18-28/h2-9,19,22-23,26H,10-18H2,1H3,(H,29,31). The largest absolute Gasteiger partial charge is 0.490 e. The highest BCUT2D eigenvalue weighted by Crippen LogP contribution is 2.64. The van der Waals surface area contributed by atoms with Crippen molar-refractivity contribution in [2.75, 3.05) is 25.5 Å². The lowest BCUT2D eigenvalue weighted by Gasteiger charge is -2.36. The highest BCUT2D eigenvalue weighted by atomic mass is 16.5. The van der Waals surface area contributed by atoms with Crippen LogP contribution in [0.2, 0.25) is 0 Å². The lowest BCUT2D eigenvalue weighted by molar-refractivity contribution is -0.128. The molecule has 168 valence electrons. The van der Waals surface area contributed by atoms with Gasteiger partial charge < -0.3 is 15.0 Å². The Morgan fingerprint density at radius 1 is 0.906 bits per heavy atom. The van der Waals surface area contributed by atoms with Gasteiger partial charge in [-0.1, -0.05) is 24.3 Å². The van der Waals surface area contributed by atoms with E-state index in [1.165, 1.54) is 18.4 Å². The van der Waals surface area contributed by atoms with Crippen molar-refractivity contribution in [3.63, 3.8) is 0 Å². The fraction of sp³-hybridized carbons (Fsp3) is 0.536. The van der Waals surface area contributed by atoms with Gasteiger partial charge in [0.25, 0.3) is 0 Å². The second-order valence-corrected chi connectivity index (χ2v) is 10.9. The van der Waals surface area contributed by atoms with Crippen LogP contribution in [0.15, 0.2) is 48.5 Å². The van der Waals surface area contributed by atoms with Crippen LogP contribution >= 0.6 is 0 Å². The number of nitrogens with zero attached hydrogens (tertiary/aromatic N) is 1. The smallest absolute Gasteiger partial charge is 0.230 e. The van der Waals surface area contributed by atoms with E-state index < -0.39 is 0 Å². The molecule has 2 atom stereocenters. The molecule has 1 saturated heterocycles. The van der Waals surface area contributed by atoms with E-state index in [1.807, 2.05) is 12.1 Å². The van der Waals surface area contributed by atoms with E-state index in [2.05, 4.69) is 53.7 Å². The first-order chi connectivity index (χ1) is 15.6. The van der Waals surface area contributed by atoms with E-state index in [0.29, 0.717) is 6.10 Å². The van der Waals surface area contributed by atoms with Crippen molar-refractivity contribution in [1.29, 1.82) is 0 Å². The molecular formula is C28H34N2O2. The fourth-order valence-corrected chi connectivity index (χ4v) is 7.12. The molecule has 4 bridgehead atoms. The summed E-state index contributed by atoms with van der Waals surface area (Å²) in [5, 5.41) is 3.25. The Balaban J connectivity index is 1.08. The van der Waals surface area contributed by atoms with Gasteiger partial charge in [-0.25, -0.2) is 0 Å². The number of amides is 1. The molecule has 1 amide bonds. The number of anilines is 1. The first-order valence-electron chi connectivity index (χ1n) is 12.4. The topological polar surface area (TPSA) is 41.6 Å². The highest BCUT2D eigenvalue weighted by Gasteiger charge is 2.59. The zero-order valence-electron chi connectivity index (χ0n) is 19.1. The minimum absolute atomic E-state index is 0.0846. The summed E-state index contributed by atoms with van der Waals surface area (Å²) in [5.41, 5.74) is 3.16. The molecule has 1 heterocycles. The summed E-state index contributed by atoms with van der Waals surface area (Å²) in [7, 11) is 2.17. The van der Waals surface area contributed by atoms with Crippen LogP contribution in [0, 0.1) is 23.2 Å². The third-order valence-corrected chi connectivity index (χ3v) is 8.70. The molecule has 1 N–H and O–H groups in total. The van der Waals surface area contributed by atoms with Gasteiger partial charge in [-0.2, -0.15) is 0 Å². The van der Waals surface area contributed by atoms with Gasteiger partial charge in [-0.05, 0) is 105 Å². The van der Waals surface area contributed by atoms with Crippen LogP contribution in [0.5, 0.6) is 5.75 Å². The molecule has 0 aromatic heterocycles. The molecule has 7 rings (SSSR count). The lowest BCUT2D eigenvalue weighted by atomic mass is 9.69. The summed E-state index contributed by atoms with van der Waals surface area (Å²) in [6, 6.07) is 16.7. The van der Waals surface area contributed by atoms with Crippen LogP contribution in [0.4, 0.5) is 5.69 Å². The first kappa shape index (κ1) is 20.3. The van der Waals surface area contributed by atoms with Crippen LogP contribution in [0.3, 0.4) is 0 Å². The maximum Gasteiger partial charge on any atom is 0.230 e. The number of nitrogens with one attached hydrogen (secondary N) is 1. The predicted molar refractivity (Wildman–Crippen MR) is 128 cm³/mol. The van der Waals surface area contributed by atoms with Crippen LogP contribution in [-0.2, 0) is 4.79 Å². The molecule has 0 spiro atoms. The Hall–Kier alpha value is -2.33. The second-order valence-electron chi connectivity index (χ2n) is 10.9. The van der Waals surface area contributed by atoms with Gasteiger partial charge in [-0.3, -0.25) is 4.79 Å². The van der Waals surface area contributed by atoms with E-state index in [-0.39, 0.29) is 11.3 Å². The summed E-state index contributed by atoms with van der Waals surface area (Å²) in [6.07, 6.45) is 8.59. The predicted octanol–water partition coefficient (Wildman–Crippen LogP) is 5.59. The summed E-state index contributed by atoms with van der Waals surface area (Å²) in [5.74, 6) is 3.64. The van der Waals surface area contributed by atoms with E-state index in [4.69, 9.17) is 4.74 Å². The zero-order valence-corrected chi connectivity index (χ0v) is 19.1. The maximum absolute atomic E-state index is 13.2. The Labute approximate surface area is 191 Å².